The first kappa shape index (κ1) is 13.7. The lowest BCUT2D eigenvalue weighted by Crippen LogP contribution is -2.50. The van der Waals surface area contributed by atoms with Gasteiger partial charge in [0.2, 0.25) is 5.91 Å². The summed E-state index contributed by atoms with van der Waals surface area (Å²) in [7, 11) is 1.64. The van der Waals surface area contributed by atoms with E-state index >= 15 is 0 Å². The third-order valence-corrected chi connectivity index (χ3v) is 4.74. The van der Waals surface area contributed by atoms with E-state index in [4.69, 9.17) is 4.74 Å². The Bertz CT molecular complexity index is 395. The number of hydrogen-bond donors (Lipinski definition) is 1. The maximum absolute atomic E-state index is 12.4. The monoisotopic (exact) mass is 281 g/mol. The van der Waals surface area contributed by atoms with Crippen LogP contribution >= 0.6 is 0 Å². The predicted molar refractivity (Wildman–Crippen MR) is 73.2 cm³/mol. The minimum atomic E-state index is -0.336. The van der Waals surface area contributed by atoms with Crippen molar-refractivity contribution in [3.05, 3.63) is 0 Å². The largest absolute Gasteiger partial charge is 0.363 e. The molecule has 6 heteroatoms. The molecule has 0 aromatic carbocycles. The number of piperidine rings is 1. The lowest BCUT2D eigenvalue weighted by atomic mass is 9.92. The summed E-state index contributed by atoms with van der Waals surface area (Å²) < 4.78 is 5.84. The van der Waals surface area contributed by atoms with Gasteiger partial charge in [0.05, 0.1) is 6.10 Å². The highest BCUT2D eigenvalue weighted by atomic mass is 16.5. The average Bonchev–Trinajstić information content (AvgIpc) is 3.13. The van der Waals surface area contributed by atoms with Crippen LogP contribution < -0.4 is 5.32 Å². The van der Waals surface area contributed by atoms with Crippen molar-refractivity contribution in [2.75, 3.05) is 33.2 Å². The number of nitrogens with zero attached hydrogens (tertiary/aromatic N) is 2. The van der Waals surface area contributed by atoms with Gasteiger partial charge in [-0.3, -0.25) is 4.79 Å². The standard InChI is InChI=1S/C14H23N3O3/c1-15-13(18)11-8-10-4-7-17(9-12(10)20-11)14(19)16-5-2-3-6-16/h10-12H,2-9H2,1H3,(H,15,18)/t10-,11+,12-/m1/s1. The van der Waals surface area contributed by atoms with E-state index < -0.39 is 0 Å². The Morgan fingerprint density at radius 3 is 2.60 bits per heavy atom. The summed E-state index contributed by atoms with van der Waals surface area (Å²) in [5.41, 5.74) is 0. The molecule has 0 saturated carbocycles. The Kier molecular flexibility index (Phi) is 3.83. The molecule has 3 atom stereocenters. The molecule has 3 saturated heterocycles. The van der Waals surface area contributed by atoms with Crippen LogP contribution in [0.2, 0.25) is 0 Å². The molecule has 3 aliphatic heterocycles. The Balaban J connectivity index is 1.58. The van der Waals surface area contributed by atoms with Gasteiger partial charge in [-0.05, 0) is 31.6 Å². The summed E-state index contributed by atoms with van der Waals surface area (Å²) in [6.07, 6.45) is 3.64. The fourth-order valence-electron chi connectivity index (χ4n) is 3.54. The summed E-state index contributed by atoms with van der Waals surface area (Å²) in [6, 6.07) is 0.146. The molecule has 112 valence electrons. The highest BCUT2D eigenvalue weighted by molar-refractivity contribution is 5.80. The highest BCUT2D eigenvalue weighted by Gasteiger charge is 2.43. The second kappa shape index (κ2) is 5.60. The van der Waals surface area contributed by atoms with Gasteiger partial charge in [0.15, 0.2) is 0 Å². The second-order valence-corrected chi connectivity index (χ2v) is 5.98. The number of urea groups is 1. The summed E-state index contributed by atoms with van der Waals surface area (Å²) in [6.45, 7) is 3.18. The van der Waals surface area contributed by atoms with Crippen molar-refractivity contribution in [3.63, 3.8) is 0 Å². The average molecular weight is 281 g/mol. The first-order valence-electron chi connectivity index (χ1n) is 7.60. The number of carbonyl (C=O) groups is 2. The van der Waals surface area contributed by atoms with Gasteiger partial charge in [-0.1, -0.05) is 0 Å². The third-order valence-electron chi connectivity index (χ3n) is 4.74. The first-order chi connectivity index (χ1) is 9.69. The Labute approximate surface area is 119 Å². The molecule has 1 N–H and O–H groups in total. The van der Waals surface area contributed by atoms with Crippen LogP contribution in [0.5, 0.6) is 0 Å². The van der Waals surface area contributed by atoms with E-state index in [9.17, 15) is 9.59 Å². The molecular formula is C14H23N3O3. The molecular weight excluding hydrogens is 258 g/mol. The van der Waals surface area contributed by atoms with Gasteiger partial charge in [0.1, 0.15) is 6.10 Å². The van der Waals surface area contributed by atoms with Gasteiger partial charge >= 0.3 is 6.03 Å². The molecule has 0 spiro atoms. The van der Waals surface area contributed by atoms with Crippen molar-refractivity contribution in [1.29, 1.82) is 0 Å². The van der Waals surface area contributed by atoms with Crippen LogP contribution in [-0.4, -0.2) is 67.2 Å². The Morgan fingerprint density at radius 2 is 1.90 bits per heavy atom. The van der Waals surface area contributed by atoms with Crippen LogP contribution in [0.1, 0.15) is 25.7 Å². The van der Waals surface area contributed by atoms with Crippen molar-refractivity contribution < 1.29 is 14.3 Å². The summed E-state index contributed by atoms with van der Waals surface area (Å²) >= 11 is 0. The van der Waals surface area contributed by atoms with Gasteiger partial charge in [0.25, 0.3) is 0 Å². The molecule has 0 aromatic heterocycles. The van der Waals surface area contributed by atoms with Crippen LogP contribution in [0.4, 0.5) is 4.79 Å². The molecule has 3 heterocycles. The minimum absolute atomic E-state index is 0.0256. The maximum atomic E-state index is 12.4. The number of hydrogen-bond acceptors (Lipinski definition) is 3. The smallest absolute Gasteiger partial charge is 0.320 e. The number of fused-ring (bicyclic) bond motifs is 1. The first-order valence-corrected chi connectivity index (χ1v) is 7.60. The zero-order valence-electron chi connectivity index (χ0n) is 12.0. The number of nitrogens with one attached hydrogen (secondary N) is 1. The Hall–Kier alpha value is -1.30. The van der Waals surface area contributed by atoms with E-state index in [0.717, 1.165) is 45.3 Å². The van der Waals surface area contributed by atoms with E-state index in [2.05, 4.69) is 5.32 Å². The van der Waals surface area contributed by atoms with E-state index in [1.807, 2.05) is 9.80 Å². The molecule has 0 aliphatic carbocycles. The van der Waals surface area contributed by atoms with Crippen molar-refractivity contribution >= 4 is 11.9 Å². The number of ether oxygens (including phenoxy) is 1. The van der Waals surface area contributed by atoms with E-state index in [-0.39, 0.29) is 24.1 Å². The summed E-state index contributed by atoms with van der Waals surface area (Å²) in [4.78, 5) is 27.9. The fourth-order valence-corrected chi connectivity index (χ4v) is 3.54. The van der Waals surface area contributed by atoms with Gasteiger partial charge in [-0.15, -0.1) is 0 Å². The molecule has 0 radical (unpaired) electrons. The van der Waals surface area contributed by atoms with Crippen molar-refractivity contribution in [2.45, 2.75) is 37.9 Å². The lowest BCUT2D eigenvalue weighted by molar-refractivity contribution is -0.132. The summed E-state index contributed by atoms with van der Waals surface area (Å²) in [5, 5.41) is 2.64. The summed E-state index contributed by atoms with van der Waals surface area (Å²) in [5.74, 6) is 0.372. The molecule has 3 aliphatic rings. The van der Waals surface area contributed by atoms with Gasteiger partial charge in [-0.25, -0.2) is 4.79 Å². The third kappa shape index (κ3) is 2.49. The molecule has 3 rings (SSSR count). The van der Waals surface area contributed by atoms with Crippen LogP contribution in [0, 0.1) is 5.92 Å². The van der Waals surface area contributed by atoms with Crippen molar-refractivity contribution in [1.82, 2.24) is 15.1 Å². The van der Waals surface area contributed by atoms with E-state index in [0.29, 0.717) is 12.5 Å². The zero-order valence-corrected chi connectivity index (χ0v) is 12.0. The van der Waals surface area contributed by atoms with Crippen LogP contribution in [0.3, 0.4) is 0 Å². The maximum Gasteiger partial charge on any atom is 0.320 e. The minimum Gasteiger partial charge on any atom is -0.363 e. The van der Waals surface area contributed by atoms with Crippen LogP contribution in [0.15, 0.2) is 0 Å². The molecule has 0 unspecified atom stereocenters. The quantitative estimate of drug-likeness (QED) is 0.758. The van der Waals surface area contributed by atoms with Gasteiger partial charge in [-0.2, -0.15) is 0 Å². The molecule has 3 amide bonds. The Morgan fingerprint density at radius 1 is 1.15 bits per heavy atom. The van der Waals surface area contributed by atoms with Crippen molar-refractivity contribution in [2.24, 2.45) is 5.92 Å². The fraction of sp³-hybridized carbons (Fsp3) is 0.857. The SMILES string of the molecule is CNC(=O)[C@@H]1C[C@H]2CCN(C(=O)N3CCCC3)C[C@H]2O1. The van der Waals surface area contributed by atoms with E-state index in [1.165, 1.54) is 0 Å². The second-order valence-electron chi connectivity index (χ2n) is 5.98. The number of carbonyl (C=O) groups excluding carboxylic acids is 2. The number of amides is 3. The van der Waals surface area contributed by atoms with Gasteiger partial charge in [0, 0.05) is 33.2 Å². The molecule has 6 nitrogen and oxygen atoms in total. The van der Waals surface area contributed by atoms with Crippen LogP contribution in [-0.2, 0) is 9.53 Å². The molecule has 0 bridgehead atoms. The zero-order chi connectivity index (χ0) is 14.1. The predicted octanol–water partition coefficient (Wildman–Crippen LogP) is 0.428. The number of likely N-dealkylation sites (N-methyl/N-ethyl adjacent to an activating group) is 1. The molecule has 0 aromatic rings. The van der Waals surface area contributed by atoms with Crippen molar-refractivity contribution in [3.8, 4) is 0 Å². The molecule has 20 heavy (non-hydrogen) atoms. The molecule has 3 fully saturated rings. The van der Waals surface area contributed by atoms with E-state index in [1.54, 1.807) is 7.05 Å². The van der Waals surface area contributed by atoms with Gasteiger partial charge < -0.3 is 19.9 Å². The lowest BCUT2D eigenvalue weighted by Gasteiger charge is -2.36. The number of likely N-dealkylation sites (tertiary alicyclic amines) is 2. The normalized spacial score (nSPS) is 33.1. The highest BCUT2D eigenvalue weighted by Crippen LogP contribution is 2.33. The van der Waals surface area contributed by atoms with Crippen LogP contribution in [0.25, 0.3) is 0 Å². The number of rotatable bonds is 1. The topological polar surface area (TPSA) is 61.9 Å².